The van der Waals surface area contributed by atoms with Crippen molar-refractivity contribution in [1.29, 1.82) is 0 Å². The fourth-order valence-electron chi connectivity index (χ4n) is 5.24. The molecule has 8 nitrogen and oxygen atoms in total. The molecule has 34 heavy (non-hydrogen) atoms. The highest BCUT2D eigenvalue weighted by atomic mass is 16.5. The number of aromatic nitrogens is 2. The van der Waals surface area contributed by atoms with Crippen molar-refractivity contribution in [2.24, 2.45) is 5.92 Å². The molecule has 0 saturated carbocycles. The van der Waals surface area contributed by atoms with E-state index >= 15 is 0 Å². The Kier molecular flexibility index (Phi) is 5.20. The minimum atomic E-state index is -0.222. The first-order valence-electron chi connectivity index (χ1n) is 11.8. The standard InChI is InChI=1S/C26H26N4O4/c31-25-4-1-3-21-19-11-17(15-30(21)25)14-29(16-19)24-8-6-20(13-27-24)28-26(32)18-5-7-22-23(12-18)34-10-2-9-33-22/h1,3-8,12-13,17,19H,2,9-11,14-16H2,(H,28,32)/t17-,19+/m0/s1. The second kappa shape index (κ2) is 8.52. The van der Waals surface area contributed by atoms with Gasteiger partial charge in [0, 0.05) is 49.3 Å². The summed E-state index contributed by atoms with van der Waals surface area (Å²) < 4.78 is 13.3. The van der Waals surface area contributed by atoms with Crippen molar-refractivity contribution >= 4 is 17.4 Å². The number of benzene rings is 1. The number of nitrogens with one attached hydrogen (secondary N) is 1. The predicted octanol–water partition coefficient (Wildman–Crippen LogP) is 3.28. The van der Waals surface area contributed by atoms with Gasteiger partial charge < -0.3 is 24.3 Å². The summed E-state index contributed by atoms with van der Waals surface area (Å²) in [5.41, 5.74) is 2.35. The minimum absolute atomic E-state index is 0.0902. The fraction of sp³-hybridized carbons (Fsp3) is 0.346. The lowest BCUT2D eigenvalue weighted by molar-refractivity contribution is 0.102. The molecular weight excluding hydrogens is 432 g/mol. The molecule has 0 unspecified atom stereocenters. The normalized spacial score (nSPS) is 20.8. The molecule has 1 amide bonds. The van der Waals surface area contributed by atoms with E-state index in [-0.39, 0.29) is 11.5 Å². The van der Waals surface area contributed by atoms with E-state index in [4.69, 9.17) is 9.47 Å². The van der Waals surface area contributed by atoms with Gasteiger partial charge in [-0.25, -0.2) is 4.98 Å². The van der Waals surface area contributed by atoms with Crippen LogP contribution in [-0.2, 0) is 6.54 Å². The molecule has 1 fully saturated rings. The molecule has 6 rings (SSSR count). The van der Waals surface area contributed by atoms with Crippen LogP contribution in [0.5, 0.6) is 11.5 Å². The highest BCUT2D eigenvalue weighted by Gasteiger charge is 2.34. The average Bonchev–Trinajstić information content (AvgIpc) is 3.10. The first-order chi connectivity index (χ1) is 16.6. The van der Waals surface area contributed by atoms with E-state index in [0.29, 0.717) is 47.8 Å². The van der Waals surface area contributed by atoms with E-state index in [1.54, 1.807) is 30.5 Å². The van der Waals surface area contributed by atoms with Gasteiger partial charge in [-0.1, -0.05) is 6.07 Å². The van der Waals surface area contributed by atoms with Crippen LogP contribution in [0.3, 0.4) is 0 Å². The number of anilines is 2. The second-order valence-corrected chi connectivity index (χ2v) is 9.17. The molecule has 3 aliphatic heterocycles. The number of fused-ring (bicyclic) bond motifs is 5. The van der Waals surface area contributed by atoms with Crippen LogP contribution in [0.2, 0.25) is 0 Å². The maximum atomic E-state index is 12.8. The smallest absolute Gasteiger partial charge is 0.255 e. The monoisotopic (exact) mass is 458 g/mol. The van der Waals surface area contributed by atoms with Crippen LogP contribution in [0.15, 0.2) is 59.5 Å². The van der Waals surface area contributed by atoms with Crippen LogP contribution in [0.1, 0.15) is 34.8 Å². The summed E-state index contributed by atoms with van der Waals surface area (Å²) in [5.74, 6) is 2.67. The van der Waals surface area contributed by atoms with E-state index in [0.717, 1.165) is 44.0 Å². The molecule has 3 aliphatic rings. The van der Waals surface area contributed by atoms with Gasteiger partial charge in [0.2, 0.25) is 0 Å². The summed E-state index contributed by atoms with van der Waals surface area (Å²) in [6, 6.07) is 14.6. The van der Waals surface area contributed by atoms with Crippen LogP contribution in [-0.4, -0.2) is 41.8 Å². The first-order valence-corrected chi connectivity index (χ1v) is 11.8. The largest absolute Gasteiger partial charge is 0.490 e. The molecule has 1 N–H and O–H groups in total. The summed E-state index contributed by atoms with van der Waals surface area (Å²) >= 11 is 0. The molecule has 3 aromatic rings. The highest BCUT2D eigenvalue weighted by molar-refractivity contribution is 6.04. The minimum Gasteiger partial charge on any atom is -0.490 e. The number of amides is 1. The molecule has 1 aromatic carbocycles. The molecule has 2 aromatic heterocycles. The average molecular weight is 459 g/mol. The van der Waals surface area contributed by atoms with Gasteiger partial charge in [0.15, 0.2) is 11.5 Å². The number of ether oxygens (including phenoxy) is 2. The van der Waals surface area contributed by atoms with Crippen molar-refractivity contribution in [2.75, 3.05) is 36.5 Å². The molecule has 2 atom stereocenters. The Hall–Kier alpha value is -3.81. The van der Waals surface area contributed by atoms with Gasteiger partial charge in [-0.2, -0.15) is 0 Å². The Bertz CT molecular complexity index is 1290. The lowest BCUT2D eigenvalue weighted by atomic mass is 9.83. The van der Waals surface area contributed by atoms with Gasteiger partial charge in [-0.05, 0) is 48.7 Å². The lowest BCUT2D eigenvalue weighted by Gasteiger charge is -2.43. The number of nitrogens with zero attached hydrogens (tertiary/aromatic N) is 3. The van der Waals surface area contributed by atoms with Gasteiger partial charge in [0.05, 0.1) is 25.1 Å². The van der Waals surface area contributed by atoms with E-state index in [1.807, 2.05) is 22.8 Å². The summed E-state index contributed by atoms with van der Waals surface area (Å²) in [4.78, 5) is 31.9. The van der Waals surface area contributed by atoms with Gasteiger partial charge in [0.1, 0.15) is 5.82 Å². The zero-order valence-corrected chi connectivity index (χ0v) is 18.8. The SMILES string of the molecule is O=C(Nc1ccc(N2C[C@@H]3C[C@H](C2)c2cccc(=O)n2C3)nc1)c1ccc2c(c1)OCCCO2. The number of hydrogen-bond donors (Lipinski definition) is 1. The molecule has 0 radical (unpaired) electrons. The van der Waals surface area contributed by atoms with E-state index in [2.05, 4.69) is 21.3 Å². The second-order valence-electron chi connectivity index (χ2n) is 9.17. The number of hydrogen-bond acceptors (Lipinski definition) is 6. The summed E-state index contributed by atoms with van der Waals surface area (Å²) in [6.07, 6.45) is 3.61. The molecule has 174 valence electrons. The van der Waals surface area contributed by atoms with Gasteiger partial charge in [-0.3, -0.25) is 9.59 Å². The number of pyridine rings is 2. The molecule has 0 spiro atoms. The van der Waals surface area contributed by atoms with Gasteiger partial charge in [-0.15, -0.1) is 0 Å². The molecule has 5 heterocycles. The molecular formula is C26H26N4O4. The van der Waals surface area contributed by atoms with Crippen molar-refractivity contribution < 1.29 is 14.3 Å². The van der Waals surface area contributed by atoms with Crippen molar-refractivity contribution in [3.63, 3.8) is 0 Å². The summed E-state index contributed by atoms with van der Waals surface area (Å²) in [5, 5.41) is 2.92. The van der Waals surface area contributed by atoms with Crippen molar-refractivity contribution in [3.05, 3.63) is 76.3 Å². The van der Waals surface area contributed by atoms with Crippen LogP contribution >= 0.6 is 0 Å². The number of carbonyl (C=O) groups excluding carboxylic acids is 1. The zero-order valence-electron chi connectivity index (χ0n) is 18.8. The van der Waals surface area contributed by atoms with Crippen molar-refractivity contribution in [2.45, 2.75) is 25.3 Å². The lowest BCUT2D eigenvalue weighted by Crippen LogP contribution is -2.47. The van der Waals surface area contributed by atoms with Crippen molar-refractivity contribution in [1.82, 2.24) is 9.55 Å². The third-order valence-corrected chi connectivity index (χ3v) is 6.82. The summed E-state index contributed by atoms with van der Waals surface area (Å²) in [6.45, 7) is 3.64. The van der Waals surface area contributed by atoms with Gasteiger partial charge in [0.25, 0.3) is 11.5 Å². The Morgan fingerprint density at radius 3 is 2.74 bits per heavy atom. The molecule has 1 saturated heterocycles. The Morgan fingerprint density at radius 2 is 1.88 bits per heavy atom. The Morgan fingerprint density at radius 1 is 1.00 bits per heavy atom. The maximum Gasteiger partial charge on any atom is 0.255 e. The van der Waals surface area contributed by atoms with Crippen LogP contribution < -0.4 is 25.2 Å². The quantitative estimate of drug-likeness (QED) is 0.648. The van der Waals surface area contributed by atoms with E-state index in [9.17, 15) is 9.59 Å². The predicted molar refractivity (Wildman–Crippen MR) is 128 cm³/mol. The van der Waals surface area contributed by atoms with E-state index < -0.39 is 0 Å². The van der Waals surface area contributed by atoms with Crippen LogP contribution in [0.25, 0.3) is 0 Å². The first kappa shape index (κ1) is 20.8. The Labute approximate surface area is 197 Å². The molecule has 2 bridgehead atoms. The maximum absolute atomic E-state index is 12.8. The number of carbonyl (C=O) groups is 1. The highest BCUT2D eigenvalue weighted by Crippen LogP contribution is 2.36. The topological polar surface area (TPSA) is 85.7 Å². The molecule has 8 heteroatoms. The molecule has 0 aliphatic carbocycles. The Balaban J connectivity index is 1.15. The third-order valence-electron chi connectivity index (χ3n) is 6.82. The fourth-order valence-corrected chi connectivity index (χ4v) is 5.24. The van der Waals surface area contributed by atoms with Crippen molar-refractivity contribution in [3.8, 4) is 11.5 Å². The van der Waals surface area contributed by atoms with Gasteiger partial charge >= 0.3 is 0 Å². The van der Waals surface area contributed by atoms with E-state index in [1.165, 1.54) is 0 Å². The number of piperidine rings is 1. The number of rotatable bonds is 3. The van der Waals surface area contributed by atoms with Crippen LogP contribution in [0, 0.1) is 5.92 Å². The zero-order chi connectivity index (χ0) is 23.1. The van der Waals surface area contributed by atoms with Crippen LogP contribution in [0.4, 0.5) is 11.5 Å². The summed E-state index contributed by atoms with van der Waals surface area (Å²) in [7, 11) is 0. The third kappa shape index (κ3) is 3.89.